The van der Waals surface area contributed by atoms with Crippen LogP contribution in [0.15, 0.2) is 35.8 Å². The van der Waals surface area contributed by atoms with E-state index in [2.05, 4.69) is 22.3 Å². The molecule has 0 amide bonds. The van der Waals surface area contributed by atoms with Crippen LogP contribution in [-0.2, 0) is 9.53 Å². The van der Waals surface area contributed by atoms with Gasteiger partial charge in [-0.3, -0.25) is 0 Å². The van der Waals surface area contributed by atoms with Gasteiger partial charge in [0.1, 0.15) is 12.4 Å². The van der Waals surface area contributed by atoms with Crippen molar-refractivity contribution in [2.45, 2.75) is 52.5 Å². The summed E-state index contributed by atoms with van der Waals surface area (Å²) in [6.07, 6.45) is 5.47. The summed E-state index contributed by atoms with van der Waals surface area (Å²) in [6.45, 7) is 6.96. The summed E-state index contributed by atoms with van der Waals surface area (Å²) in [6, 6.07) is 5.22. The van der Waals surface area contributed by atoms with Crippen LogP contribution in [-0.4, -0.2) is 41.1 Å². The highest BCUT2D eigenvalue weighted by Crippen LogP contribution is 2.38. The largest absolute Gasteiger partial charge is 0.493 e. The lowest BCUT2D eigenvalue weighted by atomic mass is 9.95. The number of anilines is 1. The number of hydrogen-bond acceptors (Lipinski definition) is 7. The molecular weight excluding hydrogens is 384 g/mol. The number of esters is 1. The van der Waals surface area contributed by atoms with Gasteiger partial charge in [-0.2, -0.15) is 10.1 Å². The number of hydrogen-bond donors (Lipinski definition) is 1. The standard InChI is InChI=1S/C22H30N4O4/c1-5-7-8-12-29-17-10-9-16(13-18(17)28-4)20-19(21(27)30-11-6-2)15(3)25-22-23-14-24-26(20)22/h9-10,13-14,20H,5-8,11-12H2,1-4H3,(H,23,24,25). The molecule has 0 fully saturated rings. The highest BCUT2D eigenvalue weighted by molar-refractivity contribution is 5.92. The van der Waals surface area contributed by atoms with Gasteiger partial charge >= 0.3 is 5.97 Å². The summed E-state index contributed by atoms with van der Waals surface area (Å²) < 4.78 is 18.6. The van der Waals surface area contributed by atoms with Gasteiger partial charge in [-0.15, -0.1) is 0 Å². The summed E-state index contributed by atoms with van der Waals surface area (Å²) in [5, 5.41) is 7.48. The van der Waals surface area contributed by atoms with Crippen LogP contribution in [0.25, 0.3) is 0 Å². The Bertz CT molecular complexity index is 906. The van der Waals surface area contributed by atoms with Crippen molar-refractivity contribution < 1.29 is 19.0 Å². The zero-order chi connectivity index (χ0) is 21.5. The number of carbonyl (C=O) groups is 1. The SMILES string of the molecule is CCCCCOc1ccc(C2C(C(=O)OCCC)=C(C)Nc3ncnn32)cc1OC. The zero-order valence-electron chi connectivity index (χ0n) is 18.1. The Morgan fingerprint density at radius 2 is 2.00 bits per heavy atom. The number of allylic oxidation sites excluding steroid dienone is 1. The molecule has 1 aliphatic rings. The number of ether oxygens (including phenoxy) is 3. The monoisotopic (exact) mass is 414 g/mol. The van der Waals surface area contributed by atoms with Gasteiger partial charge in [-0.1, -0.05) is 32.8 Å². The molecule has 3 rings (SSSR count). The smallest absolute Gasteiger partial charge is 0.338 e. The van der Waals surface area contributed by atoms with Crippen molar-refractivity contribution in [2.75, 3.05) is 25.6 Å². The molecule has 0 saturated carbocycles. The van der Waals surface area contributed by atoms with E-state index in [1.807, 2.05) is 32.0 Å². The van der Waals surface area contributed by atoms with E-state index < -0.39 is 6.04 Å². The molecule has 1 N–H and O–H groups in total. The van der Waals surface area contributed by atoms with Crippen molar-refractivity contribution in [2.24, 2.45) is 0 Å². The molecule has 1 aliphatic heterocycles. The van der Waals surface area contributed by atoms with Gasteiger partial charge in [-0.25, -0.2) is 9.48 Å². The van der Waals surface area contributed by atoms with Crippen molar-refractivity contribution in [3.05, 3.63) is 41.4 Å². The fourth-order valence-corrected chi connectivity index (χ4v) is 3.44. The van der Waals surface area contributed by atoms with Crippen LogP contribution >= 0.6 is 0 Å². The van der Waals surface area contributed by atoms with Crippen molar-refractivity contribution in [1.82, 2.24) is 14.8 Å². The molecule has 2 heterocycles. The molecule has 0 spiro atoms. The first kappa shape index (κ1) is 21.7. The Kier molecular flexibility index (Phi) is 7.32. The van der Waals surface area contributed by atoms with E-state index in [9.17, 15) is 4.79 Å². The summed E-state index contributed by atoms with van der Waals surface area (Å²) in [4.78, 5) is 17.1. The van der Waals surface area contributed by atoms with Gasteiger partial charge < -0.3 is 19.5 Å². The maximum atomic E-state index is 12.9. The molecule has 1 atom stereocenters. The minimum Gasteiger partial charge on any atom is -0.493 e. The number of nitrogens with one attached hydrogen (secondary N) is 1. The fourth-order valence-electron chi connectivity index (χ4n) is 3.44. The molecule has 0 radical (unpaired) electrons. The number of carbonyl (C=O) groups excluding carboxylic acids is 1. The average molecular weight is 415 g/mol. The van der Waals surface area contributed by atoms with E-state index in [0.717, 1.165) is 31.2 Å². The molecule has 2 aromatic rings. The summed E-state index contributed by atoms with van der Waals surface area (Å²) in [7, 11) is 1.61. The summed E-state index contributed by atoms with van der Waals surface area (Å²) >= 11 is 0. The first-order chi connectivity index (χ1) is 14.6. The molecule has 30 heavy (non-hydrogen) atoms. The highest BCUT2D eigenvalue weighted by Gasteiger charge is 2.34. The predicted molar refractivity (Wildman–Crippen MR) is 114 cm³/mol. The lowest BCUT2D eigenvalue weighted by Gasteiger charge is -2.28. The first-order valence-electron chi connectivity index (χ1n) is 10.5. The van der Waals surface area contributed by atoms with E-state index in [1.165, 1.54) is 6.33 Å². The number of unbranched alkanes of at least 4 members (excludes halogenated alkanes) is 2. The molecule has 0 saturated heterocycles. The third kappa shape index (κ3) is 4.58. The number of nitrogens with zero attached hydrogens (tertiary/aromatic N) is 3. The number of fused-ring (bicyclic) bond motifs is 1. The van der Waals surface area contributed by atoms with Crippen LogP contribution in [0.5, 0.6) is 11.5 Å². The molecule has 1 unspecified atom stereocenters. The van der Waals surface area contributed by atoms with Gasteiger partial charge in [0.05, 0.1) is 25.9 Å². The molecule has 1 aromatic heterocycles. The Labute approximate surface area is 177 Å². The van der Waals surface area contributed by atoms with Gasteiger partial charge in [0.2, 0.25) is 5.95 Å². The second-order valence-electron chi connectivity index (χ2n) is 7.20. The van der Waals surface area contributed by atoms with E-state index in [4.69, 9.17) is 14.2 Å². The minimum absolute atomic E-state index is 0.362. The quantitative estimate of drug-likeness (QED) is 0.463. The van der Waals surface area contributed by atoms with E-state index in [1.54, 1.807) is 11.8 Å². The molecule has 162 valence electrons. The summed E-state index contributed by atoms with van der Waals surface area (Å²) in [5.41, 5.74) is 2.03. The second-order valence-corrected chi connectivity index (χ2v) is 7.20. The average Bonchev–Trinajstić information content (AvgIpc) is 3.22. The van der Waals surface area contributed by atoms with E-state index >= 15 is 0 Å². The van der Waals surface area contributed by atoms with Crippen molar-refractivity contribution in [3.63, 3.8) is 0 Å². The predicted octanol–water partition coefficient (Wildman–Crippen LogP) is 4.10. The Hall–Kier alpha value is -3.03. The third-order valence-electron chi connectivity index (χ3n) is 4.96. The molecular formula is C22H30N4O4. The number of benzene rings is 1. The molecule has 0 aliphatic carbocycles. The Morgan fingerprint density at radius 1 is 1.17 bits per heavy atom. The van der Waals surface area contributed by atoms with Crippen molar-refractivity contribution >= 4 is 11.9 Å². The van der Waals surface area contributed by atoms with Crippen LogP contribution in [0.1, 0.15) is 58.1 Å². The lowest BCUT2D eigenvalue weighted by molar-refractivity contribution is -0.139. The lowest BCUT2D eigenvalue weighted by Crippen LogP contribution is -2.29. The third-order valence-corrected chi connectivity index (χ3v) is 4.96. The Morgan fingerprint density at radius 3 is 2.73 bits per heavy atom. The number of methoxy groups -OCH3 is 1. The number of rotatable bonds is 10. The van der Waals surface area contributed by atoms with Crippen LogP contribution < -0.4 is 14.8 Å². The first-order valence-corrected chi connectivity index (χ1v) is 10.5. The maximum Gasteiger partial charge on any atom is 0.338 e. The van der Waals surface area contributed by atoms with E-state index in [0.29, 0.717) is 41.9 Å². The molecule has 8 heteroatoms. The molecule has 8 nitrogen and oxygen atoms in total. The van der Waals surface area contributed by atoms with Crippen molar-refractivity contribution in [3.8, 4) is 11.5 Å². The van der Waals surface area contributed by atoms with Gasteiger partial charge in [0.15, 0.2) is 11.5 Å². The topological polar surface area (TPSA) is 87.5 Å². The Balaban J connectivity index is 1.95. The summed E-state index contributed by atoms with van der Waals surface area (Å²) in [5.74, 6) is 1.50. The highest BCUT2D eigenvalue weighted by atomic mass is 16.5. The minimum atomic E-state index is -0.476. The van der Waals surface area contributed by atoms with Crippen molar-refractivity contribution in [1.29, 1.82) is 0 Å². The van der Waals surface area contributed by atoms with Crippen LogP contribution in [0, 0.1) is 0 Å². The number of aromatic nitrogens is 3. The fraction of sp³-hybridized carbons (Fsp3) is 0.500. The molecule has 0 bridgehead atoms. The molecule has 1 aromatic carbocycles. The van der Waals surface area contributed by atoms with E-state index in [-0.39, 0.29) is 5.97 Å². The van der Waals surface area contributed by atoms with Gasteiger partial charge in [0.25, 0.3) is 0 Å². The van der Waals surface area contributed by atoms with Gasteiger partial charge in [-0.05, 0) is 37.5 Å². The maximum absolute atomic E-state index is 12.9. The van der Waals surface area contributed by atoms with Gasteiger partial charge in [0, 0.05) is 5.70 Å². The van der Waals surface area contributed by atoms with Crippen LogP contribution in [0.2, 0.25) is 0 Å². The van der Waals surface area contributed by atoms with Crippen LogP contribution in [0.4, 0.5) is 5.95 Å². The zero-order valence-corrected chi connectivity index (χ0v) is 18.1. The second kappa shape index (κ2) is 10.1. The van der Waals surface area contributed by atoms with Crippen LogP contribution in [0.3, 0.4) is 0 Å². The normalized spacial score (nSPS) is 15.4.